The summed E-state index contributed by atoms with van der Waals surface area (Å²) in [6.45, 7) is 4.16. The van der Waals surface area contributed by atoms with Crippen molar-refractivity contribution in [2.45, 2.75) is 31.1 Å². The highest BCUT2D eigenvalue weighted by molar-refractivity contribution is 7.89. The molecule has 1 saturated heterocycles. The van der Waals surface area contributed by atoms with Crippen LogP contribution in [0.4, 0.5) is 0 Å². The summed E-state index contributed by atoms with van der Waals surface area (Å²) >= 11 is 0. The first-order valence-corrected chi connectivity index (χ1v) is 8.73. The number of nitrogens with one attached hydrogen (secondary N) is 2. The molecule has 1 heterocycles. The molecule has 0 saturated carbocycles. The van der Waals surface area contributed by atoms with E-state index >= 15 is 0 Å². The Hall–Kier alpha value is -1.42. The maximum atomic E-state index is 12.3. The van der Waals surface area contributed by atoms with E-state index in [1.165, 1.54) is 6.07 Å². The highest BCUT2D eigenvalue weighted by Gasteiger charge is 2.20. The van der Waals surface area contributed by atoms with Crippen molar-refractivity contribution >= 4 is 10.0 Å². The highest BCUT2D eigenvalue weighted by Crippen LogP contribution is 2.19. The summed E-state index contributed by atoms with van der Waals surface area (Å²) in [4.78, 5) is 0.0757. The molecule has 2 rings (SSSR count). The van der Waals surface area contributed by atoms with Crippen LogP contribution in [0.15, 0.2) is 23.1 Å². The normalized spacial score (nSPS) is 19.1. The zero-order valence-electron chi connectivity index (χ0n) is 12.2. The molecule has 6 heteroatoms. The molecule has 1 aromatic rings. The lowest BCUT2D eigenvalue weighted by Gasteiger charge is -2.22. The van der Waals surface area contributed by atoms with Gasteiger partial charge in [0.15, 0.2) is 0 Å². The molecule has 2 N–H and O–H groups in total. The van der Waals surface area contributed by atoms with Gasteiger partial charge < -0.3 is 5.32 Å². The number of aryl methyl sites for hydroxylation is 1. The van der Waals surface area contributed by atoms with Gasteiger partial charge in [0.05, 0.1) is 10.5 Å². The fourth-order valence-corrected chi connectivity index (χ4v) is 3.93. The zero-order valence-corrected chi connectivity index (χ0v) is 13.0. The minimum Gasteiger partial charge on any atom is -0.316 e. The van der Waals surface area contributed by atoms with Crippen molar-refractivity contribution in [1.29, 1.82) is 5.26 Å². The Morgan fingerprint density at radius 1 is 1.48 bits per heavy atom. The minimum atomic E-state index is -3.62. The molecule has 1 aromatic carbocycles. The van der Waals surface area contributed by atoms with Crippen LogP contribution < -0.4 is 10.0 Å². The van der Waals surface area contributed by atoms with Crippen LogP contribution in [0, 0.1) is 24.2 Å². The van der Waals surface area contributed by atoms with E-state index in [0.29, 0.717) is 18.0 Å². The van der Waals surface area contributed by atoms with Gasteiger partial charge >= 0.3 is 0 Å². The number of hydrogen-bond acceptors (Lipinski definition) is 4. The molecule has 0 amide bonds. The summed E-state index contributed by atoms with van der Waals surface area (Å²) in [5.41, 5.74) is 0.904. The predicted octanol–water partition coefficient (Wildman–Crippen LogP) is 1.53. The van der Waals surface area contributed by atoms with Crippen LogP contribution in [0.25, 0.3) is 0 Å². The van der Waals surface area contributed by atoms with Crippen molar-refractivity contribution in [2.75, 3.05) is 19.6 Å². The molecule has 1 fully saturated rings. The van der Waals surface area contributed by atoms with Gasteiger partial charge in [-0.1, -0.05) is 12.1 Å². The Labute approximate surface area is 126 Å². The Morgan fingerprint density at radius 2 is 2.29 bits per heavy atom. The van der Waals surface area contributed by atoms with Gasteiger partial charge in [0, 0.05) is 6.54 Å². The lowest BCUT2D eigenvalue weighted by Crippen LogP contribution is -2.33. The number of piperidine rings is 1. The molecule has 0 unspecified atom stereocenters. The second-order valence-electron chi connectivity index (χ2n) is 5.46. The van der Waals surface area contributed by atoms with E-state index in [2.05, 4.69) is 10.0 Å². The topological polar surface area (TPSA) is 82.0 Å². The number of nitriles is 1. The number of hydrogen-bond donors (Lipinski definition) is 2. The van der Waals surface area contributed by atoms with Gasteiger partial charge in [-0.2, -0.15) is 5.26 Å². The molecule has 0 radical (unpaired) electrons. The van der Waals surface area contributed by atoms with E-state index in [1.807, 2.05) is 6.07 Å². The van der Waals surface area contributed by atoms with Crippen LogP contribution in [-0.2, 0) is 10.0 Å². The van der Waals surface area contributed by atoms with Crippen molar-refractivity contribution in [3.05, 3.63) is 29.3 Å². The lowest BCUT2D eigenvalue weighted by molar-refractivity contribution is 0.358. The van der Waals surface area contributed by atoms with Crippen molar-refractivity contribution in [3.63, 3.8) is 0 Å². The Balaban J connectivity index is 2.02. The third-order valence-corrected chi connectivity index (χ3v) is 5.38. The lowest BCUT2D eigenvalue weighted by atomic mass is 9.96. The first-order valence-electron chi connectivity index (χ1n) is 7.24. The largest absolute Gasteiger partial charge is 0.316 e. The zero-order chi connectivity index (χ0) is 15.3. The highest BCUT2D eigenvalue weighted by atomic mass is 32.2. The van der Waals surface area contributed by atoms with E-state index in [4.69, 9.17) is 5.26 Å². The average molecular weight is 307 g/mol. The second kappa shape index (κ2) is 7.03. The molecule has 114 valence electrons. The van der Waals surface area contributed by atoms with Crippen LogP contribution in [0.2, 0.25) is 0 Å². The SMILES string of the molecule is Cc1cccc(S(=O)(=O)NCC[C@@H]2CCCNC2)c1C#N. The second-order valence-corrected chi connectivity index (χ2v) is 7.19. The number of benzene rings is 1. The quantitative estimate of drug-likeness (QED) is 0.864. The molecule has 0 aromatic heterocycles. The molecular formula is C15H21N3O2S. The summed E-state index contributed by atoms with van der Waals surface area (Å²) in [7, 11) is -3.62. The van der Waals surface area contributed by atoms with Crippen LogP contribution in [0.3, 0.4) is 0 Å². The average Bonchev–Trinajstić information content (AvgIpc) is 2.48. The third-order valence-electron chi connectivity index (χ3n) is 3.88. The molecule has 1 aliphatic heterocycles. The molecule has 0 bridgehead atoms. The third kappa shape index (κ3) is 4.03. The smallest absolute Gasteiger partial charge is 0.241 e. The summed E-state index contributed by atoms with van der Waals surface area (Å²) in [5, 5.41) is 12.5. The number of rotatable bonds is 5. The van der Waals surface area contributed by atoms with Gasteiger partial charge in [0.2, 0.25) is 10.0 Å². The van der Waals surface area contributed by atoms with Gasteiger partial charge in [-0.05, 0) is 56.8 Å². The first kappa shape index (κ1) is 16.0. The van der Waals surface area contributed by atoms with Crippen molar-refractivity contribution < 1.29 is 8.42 Å². The minimum absolute atomic E-state index is 0.0757. The molecule has 21 heavy (non-hydrogen) atoms. The van der Waals surface area contributed by atoms with Crippen molar-refractivity contribution in [1.82, 2.24) is 10.0 Å². The summed E-state index contributed by atoms with van der Waals surface area (Å²) < 4.78 is 27.3. The van der Waals surface area contributed by atoms with E-state index in [-0.39, 0.29) is 10.5 Å². The molecule has 0 aliphatic carbocycles. The molecule has 0 spiro atoms. The van der Waals surface area contributed by atoms with Crippen LogP contribution in [0.1, 0.15) is 30.4 Å². The van der Waals surface area contributed by atoms with E-state index in [9.17, 15) is 8.42 Å². The molecular weight excluding hydrogens is 286 g/mol. The summed E-state index contributed by atoms with van der Waals surface area (Å²) in [5.74, 6) is 0.523. The van der Waals surface area contributed by atoms with Crippen LogP contribution in [0.5, 0.6) is 0 Å². The number of sulfonamides is 1. The van der Waals surface area contributed by atoms with Gasteiger partial charge in [0.1, 0.15) is 6.07 Å². The maximum Gasteiger partial charge on any atom is 0.241 e. The fourth-order valence-electron chi connectivity index (χ4n) is 2.65. The van der Waals surface area contributed by atoms with Gasteiger partial charge in [-0.3, -0.25) is 0 Å². The standard InChI is InChI=1S/C15H21N3O2S/c1-12-4-2-6-15(14(12)10-16)21(19,20)18-9-7-13-5-3-8-17-11-13/h2,4,6,13,17-18H,3,5,7-9,11H2,1H3/t13-/m0/s1. The van der Waals surface area contributed by atoms with Crippen molar-refractivity contribution in [2.24, 2.45) is 5.92 Å². The van der Waals surface area contributed by atoms with E-state index in [0.717, 1.165) is 32.4 Å². The van der Waals surface area contributed by atoms with Gasteiger partial charge in [-0.25, -0.2) is 13.1 Å². The molecule has 5 nitrogen and oxygen atoms in total. The summed E-state index contributed by atoms with van der Waals surface area (Å²) in [6.07, 6.45) is 3.11. The fraction of sp³-hybridized carbons (Fsp3) is 0.533. The predicted molar refractivity (Wildman–Crippen MR) is 81.3 cm³/mol. The summed E-state index contributed by atoms with van der Waals surface area (Å²) in [6, 6.07) is 6.87. The van der Waals surface area contributed by atoms with E-state index in [1.54, 1.807) is 19.1 Å². The monoisotopic (exact) mass is 307 g/mol. The molecule has 1 atom stereocenters. The molecule has 1 aliphatic rings. The van der Waals surface area contributed by atoms with E-state index < -0.39 is 10.0 Å². The van der Waals surface area contributed by atoms with Crippen LogP contribution in [-0.4, -0.2) is 28.1 Å². The number of nitrogens with zero attached hydrogens (tertiary/aromatic N) is 1. The first-order chi connectivity index (χ1) is 10.0. The Morgan fingerprint density at radius 3 is 2.95 bits per heavy atom. The van der Waals surface area contributed by atoms with Crippen molar-refractivity contribution in [3.8, 4) is 6.07 Å². The Bertz CT molecular complexity index is 629. The van der Waals surface area contributed by atoms with Crippen LogP contribution >= 0.6 is 0 Å². The van der Waals surface area contributed by atoms with Gasteiger partial charge in [0.25, 0.3) is 0 Å². The maximum absolute atomic E-state index is 12.3. The van der Waals surface area contributed by atoms with Gasteiger partial charge in [-0.15, -0.1) is 0 Å². The Kier molecular flexibility index (Phi) is 5.34.